The van der Waals surface area contributed by atoms with Crippen LogP contribution < -0.4 is 5.44 Å². The molecule has 0 saturated carbocycles. The van der Waals surface area contributed by atoms with Gasteiger partial charge in [0.2, 0.25) is 0 Å². The number of alkyl halides is 3. The number of aromatic nitrogens is 6. The quantitative estimate of drug-likeness (QED) is 0.221. The molecule has 0 spiro atoms. The lowest BCUT2D eigenvalue weighted by molar-refractivity contribution is -0.137. The molecule has 13 heteroatoms. The molecule has 1 unspecified atom stereocenters. The van der Waals surface area contributed by atoms with E-state index < -0.39 is 25.1 Å². The van der Waals surface area contributed by atoms with E-state index in [9.17, 15) is 17.7 Å². The topological polar surface area (TPSA) is 87.2 Å². The highest BCUT2D eigenvalue weighted by Crippen LogP contribution is 2.42. The molecule has 1 fully saturated rings. The summed E-state index contributed by atoms with van der Waals surface area (Å²) in [6.07, 6.45) is -0.207. The summed E-state index contributed by atoms with van der Waals surface area (Å²) in [7, 11) is -2.75. The van der Waals surface area contributed by atoms with Crippen molar-refractivity contribution in [1.82, 2.24) is 29.4 Å². The molecular weight excluding hydrogens is 488 g/mol. The van der Waals surface area contributed by atoms with Gasteiger partial charge in [0.15, 0.2) is 17.0 Å². The van der Waals surface area contributed by atoms with E-state index in [1.807, 2.05) is 0 Å². The minimum absolute atomic E-state index is 0.0448. The zero-order valence-electron chi connectivity index (χ0n) is 18.7. The van der Waals surface area contributed by atoms with Gasteiger partial charge in [0.05, 0.1) is 10.9 Å². The molecule has 1 aliphatic heterocycles. The van der Waals surface area contributed by atoms with Gasteiger partial charge in [-0.15, -0.1) is 5.10 Å². The molecule has 4 aromatic heterocycles. The van der Waals surface area contributed by atoms with Crippen LogP contribution in [0.2, 0.25) is 0 Å². The number of fused-ring (bicyclic) bond motifs is 3. The second-order valence-corrected chi connectivity index (χ2v) is 12.4. The average Bonchev–Trinajstić information content (AvgIpc) is 3.35. The van der Waals surface area contributed by atoms with Gasteiger partial charge in [-0.1, -0.05) is 17.8 Å². The molecule has 180 valence electrons. The summed E-state index contributed by atoms with van der Waals surface area (Å²) in [6.45, 7) is 3.78. The van der Waals surface area contributed by atoms with Crippen LogP contribution in [0.4, 0.5) is 13.2 Å². The third-order valence-corrected chi connectivity index (χ3v) is 7.74. The molecule has 0 aromatic carbocycles. The molecule has 1 aliphatic rings. The Morgan fingerprint density at radius 1 is 1.18 bits per heavy atom. The van der Waals surface area contributed by atoms with Gasteiger partial charge in [-0.05, 0) is 51.0 Å². The molecule has 0 radical (unpaired) electrons. The predicted octanol–water partition coefficient (Wildman–Crippen LogP) is 4.83. The SMILES string of the molecule is CSc1ncc(C(F)(F)F)c(-c2nn(C3CCCCO3)c3nn4c(P(C)(C)=O)cccc4c23)n1. The summed E-state index contributed by atoms with van der Waals surface area (Å²) >= 11 is 1.14. The van der Waals surface area contributed by atoms with E-state index in [1.165, 1.54) is 4.68 Å². The first kappa shape index (κ1) is 23.3. The zero-order valence-corrected chi connectivity index (χ0v) is 20.4. The Morgan fingerprint density at radius 2 is 1.97 bits per heavy atom. The molecule has 5 rings (SSSR count). The highest BCUT2D eigenvalue weighted by molar-refractivity contribution is 7.98. The second-order valence-electron chi connectivity index (χ2n) is 8.46. The number of halogens is 3. The van der Waals surface area contributed by atoms with Crippen LogP contribution >= 0.6 is 18.9 Å². The fraction of sp³-hybridized carbons (Fsp3) is 0.429. The third kappa shape index (κ3) is 3.91. The van der Waals surface area contributed by atoms with Gasteiger partial charge < -0.3 is 9.30 Å². The van der Waals surface area contributed by atoms with E-state index in [4.69, 9.17) is 4.74 Å². The zero-order chi connectivity index (χ0) is 24.3. The van der Waals surface area contributed by atoms with Crippen molar-refractivity contribution in [3.8, 4) is 11.4 Å². The number of thioether (sulfide) groups is 1. The van der Waals surface area contributed by atoms with E-state index in [0.29, 0.717) is 35.0 Å². The van der Waals surface area contributed by atoms with Crippen molar-refractivity contribution in [2.75, 3.05) is 26.2 Å². The Morgan fingerprint density at radius 3 is 2.62 bits per heavy atom. The lowest BCUT2D eigenvalue weighted by Crippen LogP contribution is -2.20. The predicted molar refractivity (Wildman–Crippen MR) is 124 cm³/mol. The summed E-state index contributed by atoms with van der Waals surface area (Å²) in [5, 5.41) is 9.86. The van der Waals surface area contributed by atoms with Crippen LogP contribution in [0.3, 0.4) is 0 Å². The first-order valence-corrected chi connectivity index (χ1v) is 14.5. The van der Waals surface area contributed by atoms with Gasteiger partial charge >= 0.3 is 6.18 Å². The Bertz CT molecular complexity index is 1440. The van der Waals surface area contributed by atoms with E-state index in [2.05, 4.69) is 20.2 Å². The Hall–Kier alpha value is -2.43. The molecular formula is C21H22F3N6O2PS. The lowest BCUT2D eigenvalue weighted by atomic mass is 10.1. The van der Waals surface area contributed by atoms with Crippen LogP contribution in [-0.4, -0.2) is 55.6 Å². The lowest BCUT2D eigenvalue weighted by Gasteiger charge is -2.22. The van der Waals surface area contributed by atoms with E-state index in [1.54, 1.807) is 42.3 Å². The summed E-state index contributed by atoms with van der Waals surface area (Å²) in [4.78, 5) is 8.06. The van der Waals surface area contributed by atoms with E-state index in [-0.39, 0.29) is 16.5 Å². The number of ether oxygens (including phenoxy) is 1. The molecule has 0 N–H and O–H groups in total. The Kier molecular flexibility index (Phi) is 5.73. The number of rotatable bonds is 4. The second kappa shape index (κ2) is 8.35. The van der Waals surface area contributed by atoms with Crippen molar-refractivity contribution in [1.29, 1.82) is 0 Å². The third-order valence-electron chi connectivity index (χ3n) is 5.74. The maximum atomic E-state index is 14.0. The van der Waals surface area contributed by atoms with E-state index >= 15 is 0 Å². The normalized spacial score (nSPS) is 17.6. The van der Waals surface area contributed by atoms with Crippen molar-refractivity contribution in [2.24, 2.45) is 0 Å². The van der Waals surface area contributed by atoms with Crippen LogP contribution in [0.15, 0.2) is 29.6 Å². The van der Waals surface area contributed by atoms with Gasteiger partial charge in [0, 0.05) is 12.8 Å². The molecule has 0 aliphatic carbocycles. The fourth-order valence-corrected chi connectivity index (χ4v) is 5.57. The smallest absolute Gasteiger partial charge is 0.356 e. The van der Waals surface area contributed by atoms with Crippen LogP contribution in [0.25, 0.3) is 27.9 Å². The first-order valence-electron chi connectivity index (χ1n) is 10.7. The summed E-state index contributed by atoms with van der Waals surface area (Å²) in [6, 6.07) is 5.17. The molecule has 34 heavy (non-hydrogen) atoms. The minimum atomic E-state index is -4.68. The van der Waals surface area contributed by atoms with E-state index in [0.717, 1.165) is 30.8 Å². The van der Waals surface area contributed by atoms with Gasteiger partial charge in [0.1, 0.15) is 29.5 Å². The summed E-state index contributed by atoms with van der Waals surface area (Å²) < 4.78 is 63.9. The van der Waals surface area contributed by atoms with Crippen molar-refractivity contribution in [3.63, 3.8) is 0 Å². The van der Waals surface area contributed by atoms with Crippen LogP contribution in [0.5, 0.6) is 0 Å². The number of nitrogens with zero attached hydrogens (tertiary/aromatic N) is 6. The van der Waals surface area contributed by atoms with Crippen LogP contribution in [0.1, 0.15) is 31.1 Å². The van der Waals surface area contributed by atoms with Gasteiger partial charge in [-0.25, -0.2) is 19.2 Å². The van der Waals surface area contributed by atoms with Crippen molar-refractivity contribution < 1.29 is 22.5 Å². The van der Waals surface area contributed by atoms with Gasteiger partial charge in [0.25, 0.3) is 0 Å². The summed E-state index contributed by atoms with van der Waals surface area (Å²) in [5.74, 6) is 0. The van der Waals surface area contributed by atoms with Crippen molar-refractivity contribution >= 4 is 40.9 Å². The maximum absolute atomic E-state index is 14.0. The maximum Gasteiger partial charge on any atom is 0.420 e. The number of pyridine rings is 1. The van der Waals surface area contributed by atoms with Crippen LogP contribution in [0, 0.1) is 0 Å². The molecule has 1 saturated heterocycles. The Balaban J connectivity index is 1.89. The standard InChI is InChI=1S/C21H22F3N6O2PS/c1-33(2,31)15-9-6-7-13-16-18(17-12(21(22,23)24)11-25-20(26-17)34-3)27-30(19(16)28-29(13)15)14-8-4-5-10-32-14/h6-7,9,11,14H,4-5,8,10H2,1-3H3. The van der Waals surface area contributed by atoms with Gasteiger partial charge in [-0.3, -0.25) is 0 Å². The number of hydrogen-bond acceptors (Lipinski definition) is 7. The number of hydrogen-bond donors (Lipinski definition) is 0. The monoisotopic (exact) mass is 510 g/mol. The highest BCUT2D eigenvalue weighted by Gasteiger charge is 2.38. The minimum Gasteiger partial charge on any atom is -0.356 e. The van der Waals surface area contributed by atoms with Gasteiger partial charge in [-0.2, -0.15) is 18.3 Å². The molecule has 0 bridgehead atoms. The van der Waals surface area contributed by atoms with Crippen molar-refractivity contribution in [3.05, 3.63) is 30.0 Å². The largest absolute Gasteiger partial charge is 0.420 e. The Labute approximate surface area is 197 Å². The molecule has 4 aromatic rings. The van der Waals surface area contributed by atoms with Crippen molar-refractivity contribution in [2.45, 2.75) is 36.8 Å². The molecule has 5 heterocycles. The summed E-state index contributed by atoms with van der Waals surface area (Å²) in [5.41, 5.74) is 0.109. The highest BCUT2D eigenvalue weighted by atomic mass is 32.2. The molecule has 8 nitrogen and oxygen atoms in total. The molecule has 1 atom stereocenters. The first-order chi connectivity index (χ1) is 16.1. The fourth-order valence-electron chi connectivity index (χ4n) is 4.18. The average molecular weight is 510 g/mol. The molecule has 0 amide bonds. The van der Waals surface area contributed by atoms with Crippen LogP contribution in [-0.2, 0) is 15.5 Å².